The molecule has 1 aromatic heterocycles. The van der Waals surface area contributed by atoms with Crippen LogP contribution in [0.15, 0.2) is 97.0 Å². The molecule has 192 valence electrons. The quantitative estimate of drug-likeness (QED) is 0.230. The highest BCUT2D eigenvalue weighted by atomic mass is 16.5. The summed E-state index contributed by atoms with van der Waals surface area (Å²) in [4.78, 5) is 2.35. The molecule has 0 amide bonds. The Bertz CT molecular complexity index is 2240. The molecule has 0 saturated carbocycles. The van der Waals surface area contributed by atoms with Crippen LogP contribution in [-0.2, 0) is 0 Å². The second-order valence-electron chi connectivity index (χ2n) is 10.3. The van der Waals surface area contributed by atoms with Gasteiger partial charge in [-0.15, -0.1) is 0 Å². The average molecular weight is 513 g/mol. The SMILES string of the molecule is [2H]c1c([2H])c([2H])c2c3ccc(C)c(C)c3n3c4c(cccc4c4ccccc4c2c1[2H])N(c1cccc(OC)c1C)[C@H]3C. The van der Waals surface area contributed by atoms with Crippen molar-refractivity contribution in [1.82, 2.24) is 4.57 Å². The van der Waals surface area contributed by atoms with Gasteiger partial charge < -0.3 is 14.2 Å². The molecule has 2 heterocycles. The van der Waals surface area contributed by atoms with Crippen molar-refractivity contribution in [3.63, 3.8) is 0 Å². The molecule has 0 N–H and O–H groups in total. The Morgan fingerprint density at radius 2 is 1.26 bits per heavy atom. The zero-order chi connectivity index (χ0) is 30.3. The summed E-state index contributed by atoms with van der Waals surface area (Å²) < 4.78 is 43.7. The third-order valence-electron chi connectivity index (χ3n) is 8.38. The monoisotopic (exact) mass is 512 g/mol. The Kier molecular flexibility index (Phi) is 4.40. The summed E-state index contributed by atoms with van der Waals surface area (Å²) in [5.74, 6) is 0.824. The molecule has 0 saturated heterocycles. The minimum atomic E-state index is -0.231. The second-order valence-corrected chi connectivity index (χ2v) is 10.3. The van der Waals surface area contributed by atoms with Gasteiger partial charge in [0, 0.05) is 22.0 Å². The van der Waals surface area contributed by atoms with Crippen LogP contribution >= 0.6 is 0 Å². The Balaban J connectivity index is 1.86. The van der Waals surface area contributed by atoms with E-state index in [-0.39, 0.29) is 30.3 Å². The van der Waals surface area contributed by atoms with Crippen LogP contribution in [-0.4, -0.2) is 11.7 Å². The minimum Gasteiger partial charge on any atom is -0.496 e. The van der Waals surface area contributed by atoms with Crippen LogP contribution in [0.2, 0.25) is 0 Å². The lowest BCUT2D eigenvalue weighted by Gasteiger charge is -2.29. The Labute approximate surface area is 234 Å². The van der Waals surface area contributed by atoms with Gasteiger partial charge in [-0.05, 0) is 78.6 Å². The molecule has 0 fully saturated rings. The fourth-order valence-corrected chi connectivity index (χ4v) is 6.38. The van der Waals surface area contributed by atoms with Crippen LogP contribution in [0, 0.1) is 20.8 Å². The summed E-state index contributed by atoms with van der Waals surface area (Å²) >= 11 is 0. The van der Waals surface area contributed by atoms with Crippen molar-refractivity contribution in [2.45, 2.75) is 33.9 Å². The number of methoxy groups -OCH3 is 1. The van der Waals surface area contributed by atoms with Crippen LogP contribution in [0.25, 0.3) is 43.4 Å². The number of ether oxygens (including phenoxy) is 1. The number of hydrogen-bond donors (Lipinski definition) is 0. The molecule has 0 unspecified atom stereocenters. The van der Waals surface area contributed by atoms with Crippen LogP contribution in [0.5, 0.6) is 5.75 Å². The van der Waals surface area contributed by atoms with E-state index in [2.05, 4.69) is 73.6 Å². The molecule has 3 nitrogen and oxygen atoms in total. The Hall–Kier alpha value is -4.50. The van der Waals surface area contributed by atoms with Crippen molar-refractivity contribution in [3.8, 4) is 5.75 Å². The summed E-state index contributed by atoms with van der Waals surface area (Å²) in [6.45, 7) is 8.48. The molecule has 0 aliphatic carbocycles. The number of aryl methyl sites for hydroxylation is 2. The predicted molar refractivity (Wildman–Crippen MR) is 166 cm³/mol. The van der Waals surface area contributed by atoms with E-state index in [0.717, 1.165) is 66.4 Å². The first-order valence-corrected chi connectivity index (χ1v) is 13.3. The lowest BCUT2D eigenvalue weighted by Crippen LogP contribution is -2.21. The summed E-state index contributed by atoms with van der Waals surface area (Å²) in [7, 11) is 1.70. The van der Waals surface area contributed by atoms with Gasteiger partial charge in [-0.1, -0.05) is 78.8 Å². The molecule has 3 heteroatoms. The normalized spacial score (nSPS) is 15.9. The van der Waals surface area contributed by atoms with Crippen molar-refractivity contribution in [3.05, 3.63) is 114 Å². The zero-order valence-electron chi connectivity index (χ0n) is 26.8. The van der Waals surface area contributed by atoms with Crippen LogP contribution in [0.1, 0.15) is 35.3 Å². The third kappa shape index (κ3) is 3.29. The number of nitrogens with zero attached hydrogens (tertiary/aromatic N) is 2. The Morgan fingerprint density at radius 3 is 2.00 bits per heavy atom. The molecule has 0 spiro atoms. The molecule has 1 aliphatic rings. The van der Waals surface area contributed by atoms with Crippen LogP contribution < -0.4 is 9.64 Å². The topological polar surface area (TPSA) is 17.4 Å². The first kappa shape index (κ1) is 19.6. The van der Waals surface area contributed by atoms with Gasteiger partial charge in [0.05, 0.1) is 29.3 Å². The van der Waals surface area contributed by atoms with Crippen molar-refractivity contribution >= 4 is 54.7 Å². The number of fused-ring (bicyclic) bond motifs is 7. The molecule has 6 aromatic rings. The van der Waals surface area contributed by atoms with E-state index in [1.54, 1.807) is 7.11 Å². The molecular formula is C36H32N2O. The second kappa shape index (κ2) is 8.78. The maximum atomic E-state index is 9.21. The number of rotatable bonds is 2. The van der Waals surface area contributed by atoms with Crippen molar-refractivity contribution < 1.29 is 10.2 Å². The van der Waals surface area contributed by atoms with Gasteiger partial charge in [0.25, 0.3) is 0 Å². The first-order valence-electron chi connectivity index (χ1n) is 15.3. The highest BCUT2D eigenvalue weighted by molar-refractivity contribution is 6.21. The number of aromatic nitrogens is 1. The van der Waals surface area contributed by atoms with Crippen molar-refractivity contribution in [2.75, 3.05) is 12.0 Å². The van der Waals surface area contributed by atoms with E-state index >= 15 is 0 Å². The molecule has 5 aromatic carbocycles. The average Bonchev–Trinajstić information content (AvgIpc) is 3.32. The third-order valence-corrected chi connectivity index (χ3v) is 8.38. The molecule has 1 atom stereocenters. The highest BCUT2D eigenvalue weighted by Crippen LogP contribution is 2.48. The van der Waals surface area contributed by atoms with E-state index < -0.39 is 0 Å². The molecular weight excluding hydrogens is 476 g/mol. The van der Waals surface area contributed by atoms with E-state index in [9.17, 15) is 1.37 Å². The van der Waals surface area contributed by atoms with Gasteiger partial charge >= 0.3 is 0 Å². The van der Waals surface area contributed by atoms with Gasteiger partial charge in [-0.3, -0.25) is 0 Å². The molecule has 7 rings (SSSR count). The number of benzene rings is 5. The number of hydrogen-bond acceptors (Lipinski definition) is 2. The maximum Gasteiger partial charge on any atom is 0.123 e. The highest BCUT2D eigenvalue weighted by Gasteiger charge is 2.31. The molecule has 39 heavy (non-hydrogen) atoms. The first-order chi connectivity index (χ1) is 20.7. The standard InChI is InChI=1S/C36H32N2O/c1-22-20-21-31-29-15-9-7-13-27(29)26-12-6-8-14-28(26)30-16-10-18-33-36(30)38(35(31)23(22)2)25(4)37(33)32-17-11-19-34(39-5)24(32)3/h6-21,25H,1-5H3/t25-/m1/s1/i7D,9D,13D,15D. The fraction of sp³-hybridized carbons (Fsp3) is 0.167. The van der Waals surface area contributed by atoms with Crippen LogP contribution in [0.3, 0.4) is 0 Å². The fourth-order valence-electron chi connectivity index (χ4n) is 6.38. The van der Waals surface area contributed by atoms with Gasteiger partial charge in [0.15, 0.2) is 0 Å². The molecule has 0 bridgehead atoms. The molecule has 0 radical (unpaired) electrons. The van der Waals surface area contributed by atoms with E-state index in [1.807, 2.05) is 36.4 Å². The summed E-state index contributed by atoms with van der Waals surface area (Å²) in [6.07, 6.45) is -0.162. The summed E-state index contributed by atoms with van der Waals surface area (Å²) in [5.41, 5.74) is 7.31. The number of para-hydroxylation sites is 1. The minimum absolute atomic E-state index is 0.0301. The zero-order valence-corrected chi connectivity index (χ0v) is 22.8. The van der Waals surface area contributed by atoms with E-state index in [4.69, 9.17) is 8.85 Å². The summed E-state index contributed by atoms with van der Waals surface area (Å²) in [6, 6.07) is 24.0. The summed E-state index contributed by atoms with van der Waals surface area (Å²) in [5, 5.41) is 4.56. The Morgan fingerprint density at radius 1 is 0.641 bits per heavy atom. The van der Waals surface area contributed by atoms with E-state index in [1.165, 1.54) is 0 Å². The van der Waals surface area contributed by atoms with Gasteiger partial charge in [0.2, 0.25) is 0 Å². The smallest absolute Gasteiger partial charge is 0.123 e. The van der Waals surface area contributed by atoms with Crippen LogP contribution in [0.4, 0.5) is 11.4 Å². The van der Waals surface area contributed by atoms with Crippen molar-refractivity contribution in [1.29, 1.82) is 0 Å². The number of anilines is 2. The lowest BCUT2D eigenvalue weighted by molar-refractivity contribution is 0.411. The van der Waals surface area contributed by atoms with Gasteiger partial charge in [0.1, 0.15) is 11.9 Å². The largest absolute Gasteiger partial charge is 0.496 e. The van der Waals surface area contributed by atoms with Gasteiger partial charge in [-0.2, -0.15) is 0 Å². The van der Waals surface area contributed by atoms with E-state index in [0.29, 0.717) is 10.8 Å². The predicted octanol–water partition coefficient (Wildman–Crippen LogP) is 9.83. The molecule has 1 aliphatic heterocycles. The maximum absolute atomic E-state index is 9.21. The lowest BCUT2D eigenvalue weighted by atomic mass is 9.99. The van der Waals surface area contributed by atoms with Gasteiger partial charge in [-0.25, -0.2) is 0 Å². The van der Waals surface area contributed by atoms with Crippen molar-refractivity contribution in [2.24, 2.45) is 0 Å².